The Morgan fingerprint density at radius 2 is 1.53 bits per heavy atom. The van der Waals surface area contributed by atoms with E-state index in [1.807, 2.05) is 91.0 Å². The molecule has 0 aliphatic rings. The molecule has 174 valence electrons. The number of hydrogen-bond acceptors (Lipinski definition) is 3. The van der Waals surface area contributed by atoms with Gasteiger partial charge in [-0.2, -0.15) is 5.26 Å². The molecule has 0 aliphatic heterocycles. The highest BCUT2D eigenvalue weighted by atomic mass is 79.9. The summed E-state index contributed by atoms with van der Waals surface area (Å²) in [6, 6.07) is 35.3. The first kappa shape index (κ1) is 23.3. The molecule has 5 aromatic carbocycles. The normalized spacial score (nSPS) is 11.3. The van der Waals surface area contributed by atoms with Crippen LogP contribution >= 0.6 is 15.9 Å². The van der Waals surface area contributed by atoms with Gasteiger partial charge < -0.3 is 10.1 Å². The van der Waals surface area contributed by atoms with Crippen molar-refractivity contribution in [2.75, 3.05) is 5.32 Å². The largest absolute Gasteiger partial charge is 0.488 e. The molecular weight excluding hydrogens is 512 g/mol. The van der Waals surface area contributed by atoms with Gasteiger partial charge >= 0.3 is 0 Å². The predicted octanol–water partition coefficient (Wildman–Crippen LogP) is 7.88. The lowest BCUT2D eigenvalue weighted by atomic mass is 10.1. The van der Waals surface area contributed by atoms with Crippen LogP contribution in [0.1, 0.15) is 11.1 Å². The molecule has 0 aromatic heterocycles. The Morgan fingerprint density at radius 3 is 2.31 bits per heavy atom. The summed E-state index contributed by atoms with van der Waals surface area (Å²) in [5.41, 5.74) is 2.33. The van der Waals surface area contributed by atoms with Crippen molar-refractivity contribution in [2.45, 2.75) is 6.61 Å². The third kappa shape index (κ3) is 5.00. The van der Waals surface area contributed by atoms with Crippen molar-refractivity contribution in [3.05, 3.63) is 124 Å². The van der Waals surface area contributed by atoms with Gasteiger partial charge in [-0.1, -0.05) is 94.8 Å². The van der Waals surface area contributed by atoms with Crippen molar-refractivity contribution in [1.82, 2.24) is 0 Å². The van der Waals surface area contributed by atoms with Crippen molar-refractivity contribution in [2.24, 2.45) is 0 Å². The third-order valence-corrected chi connectivity index (χ3v) is 6.43. The van der Waals surface area contributed by atoms with Gasteiger partial charge in [-0.05, 0) is 52.1 Å². The standard InChI is InChI=1S/C31H21BrN2O2/c32-26-15-16-30(36-20-23-11-5-9-21-7-1-3-12-27(21)23)24(18-26)17-25(19-33)31(35)34-29-14-6-10-22-8-2-4-13-28(22)29/h1-18H,20H2,(H,34,35)/b25-17+. The van der Waals surface area contributed by atoms with Crippen molar-refractivity contribution in [1.29, 1.82) is 5.26 Å². The smallest absolute Gasteiger partial charge is 0.266 e. The minimum Gasteiger partial charge on any atom is -0.488 e. The molecule has 0 spiro atoms. The van der Waals surface area contributed by atoms with Crippen LogP contribution < -0.4 is 10.1 Å². The van der Waals surface area contributed by atoms with Gasteiger partial charge in [0.1, 0.15) is 24.0 Å². The minimum absolute atomic E-state index is 0.0176. The van der Waals surface area contributed by atoms with Crippen molar-refractivity contribution < 1.29 is 9.53 Å². The van der Waals surface area contributed by atoms with Gasteiger partial charge in [0, 0.05) is 21.1 Å². The lowest BCUT2D eigenvalue weighted by Gasteiger charge is -2.12. The molecule has 1 amide bonds. The third-order valence-electron chi connectivity index (χ3n) is 5.94. The van der Waals surface area contributed by atoms with Gasteiger partial charge in [-0.3, -0.25) is 4.79 Å². The van der Waals surface area contributed by atoms with Gasteiger partial charge in [-0.25, -0.2) is 0 Å². The topological polar surface area (TPSA) is 62.1 Å². The van der Waals surface area contributed by atoms with Gasteiger partial charge in [-0.15, -0.1) is 0 Å². The number of benzene rings is 5. The second-order valence-corrected chi connectivity index (χ2v) is 9.18. The van der Waals surface area contributed by atoms with Crippen molar-refractivity contribution in [3.8, 4) is 11.8 Å². The number of halogens is 1. The number of carbonyl (C=O) groups is 1. The summed E-state index contributed by atoms with van der Waals surface area (Å²) in [6.45, 7) is 0.355. The highest BCUT2D eigenvalue weighted by molar-refractivity contribution is 9.10. The van der Waals surface area contributed by atoms with E-state index in [1.54, 1.807) is 6.08 Å². The monoisotopic (exact) mass is 532 g/mol. The van der Waals surface area contributed by atoms with E-state index in [1.165, 1.54) is 0 Å². The van der Waals surface area contributed by atoms with E-state index in [4.69, 9.17) is 4.74 Å². The van der Waals surface area contributed by atoms with Crippen LogP contribution in [0.25, 0.3) is 27.6 Å². The van der Waals surface area contributed by atoms with Gasteiger partial charge in [0.05, 0.1) is 0 Å². The van der Waals surface area contributed by atoms with E-state index in [9.17, 15) is 10.1 Å². The molecule has 0 bridgehead atoms. The van der Waals surface area contributed by atoms with Crippen LogP contribution in [0.4, 0.5) is 5.69 Å². The van der Waals surface area contributed by atoms with E-state index >= 15 is 0 Å². The van der Waals surface area contributed by atoms with E-state index in [2.05, 4.69) is 39.4 Å². The van der Waals surface area contributed by atoms with Crippen molar-refractivity contribution in [3.63, 3.8) is 0 Å². The molecule has 0 atom stereocenters. The predicted molar refractivity (Wildman–Crippen MR) is 149 cm³/mol. The van der Waals surface area contributed by atoms with Crippen LogP contribution in [0, 0.1) is 11.3 Å². The molecule has 5 heteroatoms. The maximum Gasteiger partial charge on any atom is 0.266 e. The van der Waals surface area contributed by atoms with Gasteiger partial charge in [0.2, 0.25) is 0 Å². The number of amides is 1. The van der Waals surface area contributed by atoms with Crippen LogP contribution in [-0.2, 0) is 11.4 Å². The average Bonchev–Trinajstić information content (AvgIpc) is 2.91. The van der Waals surface area contributed by atoms with Crippen LogP contribution in [0.15, 0.2) is 113 Å². The first-order valence-corrected chi connectivity index (χ1v) is 12.2. The Morgan fingerprint density at radius 1 is 0.861 bits per heavy atom. The fourth-order valence-electron chi connectivity index (χ4n) is 4.17. The number of carbonyl (C=O) groups excluding carboxylic acids is 1. The highest BCUT2D eigenvalue weighted by Crippen LogP contribution is 2.29. The molecule has 4 nitrogen and oxygen atoms in total. The molecular formula is C31H21BrN2O2. The summed E-state index contributed by atoms with van der Waals surface area (Å²) >= 11 is 3.49. The molecule has 36 heavy (non-hydrogen) atoms. The molecule has 0 aliphatic carbocycles. The number of anilines is 1. The zero-order valence-electron chi connectivity index (χ0n) is 19.2. The second kappa shape index (κ2) is 10.5. The second-order valence-electron chi connectivity index (χ2n) is 8.26. The van der Waals surface area contributed by atoms with E-state index in [0.29, 0.717) is 23.6 Å². The first-order chi connectivity index (χ1) is 17.6. The summed E-state index contributed by atoms with van der Waals surface area (Å²) in [5.74, 6) is 0.102. The molecule has 1 N–H and O–H groups in total. The number of rotatable bonds is 6. The first-order valence-electron chi connectivity index (χ1n) is 11.4. The fraction of sp³-hybridized carbons (Fsp3) is 0.0323. The van der Waals surface area contributed by atoms with Crippen molar-refractivity contribution >= 4 is 55.1 Å². The number of nitrogens with one attached hydrogen (secondary N) is 1. The number of nitrogens with zero attached hydrogens (tertiary/aromatic N) is 1. The fourth-order valence-corrected chi connectivity index (χ4v) is 4.54. The van der Waals surface area contributed by atoms with Crippen LogP contribution in [0.5, 0.6) is 5.75 Å². The Hall–Kier alpha value is -4.40. The highest BCUT2D eigenvalue weighted by Gasteiger charge is 2.14. The Bertz CT molecular complexity index is 1660. The van der Waals surface area contributed by atoms with E-state index in [0.717, 1.165) is 31.6 Å². The summed E-state index contributed by atoms with van der Waals surface area (Å²) in [6.07, 6.45) is 1.56. The quantitative estimate of drug-likeness (QED) is 0.178. The number of hydrogen-bond donors (Lipinski definition) is 1. The molecule has 0 fully saturated rings. The molecule has 0 saturated carbocycles. The average molecular weight is 533 g/mol. The summed E-state index contributed by atoms with van der Waals surface area (Å²) in [7, 11) is 0. The molecule has 0 radical (unpaired) electrons. The summed E-state index contributed by atoms with van der Waals surface area (Å²) in [4.78, 5) is 13.1. The Labute approximate surface area is 217 Å². The van der Waals surface area contributed by atoms with E-state index in [-0.39, 0.29) is 5.57 Å². The molecule has 0 unspecified atom stereocenters. The summed E-state index contributed by atoms with van der Waals surface area (Å²) in [5, 5.41) is 16.9. The Balaban J connectivity index is 1.42. The van der Waals surface area contributed by atoms with Crippen LogP contribution in [-0.4, -0.2) is 5.91 Å². The van der Waals surface area contributed by atoms with Gasteiger partial charge in [0.15, 0.2) is 0 Å². The number of ether oxygens (including phenoxy) is 1. The number of nitriles is 1. The van der Waals surface area contributed by atoms with Crippen LogP contribution in [0.2, 0.25) is 0 Å². The molecule has 5 aromatic rings. The number of fused-ring (bicyclic) bond motifs is 2. The Kier molecular flexibility index (Phi) is 6.79. The SMILES string of the molecule is N#C/C(=C\c1cc(Br)ccc1OCc1cccc2ccccc12)C(=O)Nc1cccc2ccccc12. The van der Waals surface area contributed by atoms with Crippen LogP contribution in [0.3, 0.4) is 0 Å². The zero-order chi connectivity index (χ0) is 24.9. The summed E-state index contributed by atoms with van der Waals surface area (Å²) < 4.78 is 7.00. The molecule has 0 saturated heterocycles. The lowest BCUT2D eigenvalue weighted by molar-refractivity contribution is -0.112. The van der Waals surface area contributed by atoms with Gasteiger partial charge in [0.25, 0.3) is 5.91 Å². The maximum absolute atomic E-state index is 13.1. The van der Waals surface area contributed by atoms with E-state index < -0.39 is 5.91 Å². The zero-order valence-corrected chi connectivity index (χ0v) is 20.8. The minimum atomic E-state index is -0.478. The lowest BCUT2D eigenvalue weighted by Crippen LogP contribution is -2.13. The molecule has 5 rings (SSSR count). The molecule has 0 heterocycles. The maximum atomic E-state index is 13.1.